The first-order valence-electron chi connectivity index (χ1n) is 2.94. The summed E-state index contributed by atoms with van der Waals surface area (Å²) in [6.07, 6.45) is 2.92. The van der Waals surface area contributed by atoms with Gasteiger partial charge in [0.2, 0.25) is 0 Å². The van der Waals surface area contributed by atoms with Crippen LogP contribution in [-0.2, 0) is 0 Å². The van der Waals surface area contributed by atoms with Crippen LogP contribution in [-0.4, -0.2) is 10.2 Å². The first-order valence-corrected chi connectivity index (χ1v) is 2.94. The van der Waals surface area contributed by atoms with Crippen molar-refractivity contribution in [2.24, 2.45) is 0 Å². The van der Waals surface area contributed by atoms with Gasteiger partial charge in [0.25, 0.3) is 5.89 Å². The fourth-order valence-electron chi connectivity index (χ4n) is 0.739. The van der Waals surface area contributed by atoms with Gasteiger partial charge < -0.3 is 8.83 Å². The molecule has 2 aromatic heterocycles. The molecule has 0 atom stereocenters. The number of nitrogens with one attached hydrogen (secondary N) is 1. The van der Waals surface area contributed by atoms with E-state index in [0.717, 1.165) is 0 Å². The summed E-state index contributed by atoms with van der Waals surface area (Å²) in [5, 5.41) is 5.74. The highest BCUT2D eigenvalue weighted by atomic mass is 16.4. The lowest BCUT2D eigenvalue weighted by Crippen LogP contribution is -1.93. The van der Waals surface area contributed by atoms with Gasteiger partial charge in [0.1, 0.15) is 6.26 Å². The molecule has 0 bridgehead atoms. The number of hydrogen-bond donors (Lipinski definition) is 1. The zero-order chi connectivity index (χ0) is 7.68. The summed E-state index contributed by atoms with van der Waals surface area (Å²) in [6.45, 7) is 0. The van der Waals surface area contributed by atoms with Crippen molar-refractivity contribution in [3.63, 3.8) is 0 Å². The molecule has 2 aromatic rings. The quantitative estimate of drug-likeness (QED) is 0.650. The van der Waals surface area contributed by atoms with E-state index in [4.69, 9.17) is 4.42 Å². The summed E-state index contributed by atoms with van der Waals surface area (Å²) >= 11 is 0. The molecule has 0 aliphatic heterocycles. The number of rotatable bonds is 1. The zero-order valence-corrected chi connectivity index (χ0v) is 5.40. The molecule has 0 saturated carbocycles. The van der Waals surface area contributed by atoms with Crippen molar-refractivity contribution in [1.29, 1.82) is 0 Å². The maximum Gasteiger partial charge on any atom is 0.434 e. The Labute approximate surface area is 60.6 Å². The van der Waals surface area contributed by atoms with Crippen molar-refractivity contribution in [3.8, 4) is 11.5 Å². The molecule has 0 amide bonds. The van der Waals surface area contributed by atoms with Gasteiger partial charge in [0.05, 0.1) is 11.8 Å². The van der Waals surface area contributed by atoms with Crippen LogP contribution < -0.4 is 5.76 Å². The highest BCUT2D eigenvalue weighted by Crippen LogP contribution is 2.13. The molecule has 0 radical (unpaired) electrons. The Morgan fingerprint density at radius 1 is 1.55 bits per heavy atom. The first kappa shape index (κ1) is 5.96. The van der Waals surface area contributed by atoms with Gasteiger partial charge >= 0.3 is 5.76 Å². The molecule has 5 nitrogen and oxygen atoms in total. The van der Waals surface area contributed by atoms with Crippen molar-refractivity contribution >= 4 is 0 Å². The highest BCUT2D eigenvalue weighted by molar-refractivity contribution is 5.48. The van der Waals surface area contributed by atoms with Crippen LogP contribution in [0.4, 0.5) is 0 Å². The standard InChI is InChI=1S/C6H4N2O3/c9-6-8-7-5(11-6)4-1-2-10-3-4/h1-3H,(H,8,9). The van der Waals surface area contributed by atoms with Crippen LogP contribution in [0.15, 0.2) is 32.2 Å². The van der Waals surface area contributed by atoms with E-state index < -0.39 is 5.76 Å². The Morgan fingerprint density at radius 2 is 2.45 bits per heavy atom. The van der Waals surface area contributed by atoms with Gasteiger partial charge in [-0.05, 0) is 6.07 Å². The molecule has 1 N–H and O–H groups in total. The second-order valence-electron chi connectivity index (χ2n) is 1.93. The van der Waals surface area contributed by atoms with Crippen LogP contribution in [0.25, 0.3) is 11.5 Å². The molecule has 0 fully saturated rings. The molecule has 0 aliphatic carbocycles. The lowest BCUT2D eigenvalue weighted by Gasteiger charge is -1.79. The third kappa shape index (κ3) is 0.958. The van der Waals surface area contributed by atoms with E-state index in [-0.39, 0.29) is 5.89 Å². The largest absolute Gasteiger partial charge is 0.472 e. The lowest BCUT2D eigenvalue weighted by molar-refractivity contribution is 0.523. The average molecular weight is 152 g/mol. The second-order valence-corrected chi connectivity index (χ2v) is 1.93. The molecule has 2 heterocycles. The minimum atomic E-state index is -0.568. The van der Waals surface area contributed by atoms with Crippen LogP contribution in [0.5, 0.6) is 0 Å². The minimum absolute atomic E-state index is 0.240. The number of H-pyrrole nitrogens is 1. The third-order valence-corrected chi connectivity index (χ3v) is 1.21. The maximum absolute atomic E-state index is 10.5. The summed E-state index contributed by atoms with van der Waals surface area (Å²) in [5.41, 5.74) is 0.642. The molecule has 0 spiro atoms. The van der Waals surface area contributed by atoms with Crippen LogP contribution in [0.3, 0.4) is 0 Å². The number of aromatic amines is 1. The Balaban J connectivity index is 2.53. The van der Waals surface area contributed by atoms with Crippen LogP contribution in [0.2, 0.25) is 0 Å². The van der Waals surface area contributed by atoms with E-state index in [9.17, 15) is 4.79 Å². The Morgan fingerprint density at radius 3 is 3.00 bits per heavy atom. The van der Waals surface area contributed by atoms with E-state index in [0.29, 0.717) is 5.56 Å². The van der Waals surface area contributed by atoms with Crippen molar-refractivity contribution < 1.29 is 8.83 Å². The van der Waals surface area contributed by atoms with Crippen LogP contribution >= 0.6 is 0 Å². The predicted octanol–water partition coefficient (Wildman–Crippen LogP) is 0.623. The number of aromatic nitrogens is 2. The zero-order valence-electron chi connectivity index (χ0n) is 5.40. The molecule has 11 heavy (non-hydrogen) atoms. The van der Waals surface area contributed by atoms with Gasteiger partial charge in [-0.15, -0.1) is 5.10 Å². The van der Waals surface area contributed by atoms with Crippen LogP contribution in [0.1, 0.15) is 0 Å². The Kier molecular flexibility index (Phi) is 1.15. The highest BCUT2D eigenvalue weighted by Gasteiger charge is 2.04. The SMILES string of the molecule is O=c1[nH]nc(-c2ccoc2)o1. The van der Waals surface area contributed by atoms with Gasteiger partial charge in [-0.2, -0.15) is 0 Å². The van der Waals surface area contributed by atoms with E-state index in [1.165, 1.54) is 12.5 Å². The van der Waals surface area contributed by atoms with E-state index >= 15 is 0 Å². The summed E-state index contributed by atoms with van der Waals surface area (Å²) < 4.78 is 9.41. The van der Waals surface area contributed by atoms with E-state index in [2.05, 4.69) is 14.6 Å². The minimum Gasteiger partial charge on any atom is -0.472 e. The van der Waals surface area contributed by atoms with E-state index in [1.54, 1.807) is 6.07 Å². The lowest BCUT2D eigenvalue weighted by atomic mass is 10.3. The monoisotopic (exact) mass is 152 g/mol. The first-order chi connectivity index (χ1) is 5.36. The normalized spacial score (nSPS) is 10.2. The molecule has 56 valence electrons. The molecule has 0 aliphatic rings. The Bertz CT molecular complexity index is 384. The van der Waals surface area contributed by atoms with E-state index in [1.807, 2.05) is 0 Å². The average Bonchev–Trinajstić information content (AvgIpc) is 2.55. The van der Waals surface area contributed by atoms with Gasteiger partial charge in [-0.1, -0.05) is 0 Å². The van der Waals surface area contributed by atoms with Crippen LogP contribution in [0, 0.1) is 0 Å². The van der Waals surface area contributed by atoms with Crippen molar-refractivity contribution in [2.45, 2.75) is 0 Å². The molecule has 2 rings (SSSR count). The van der Waals surface area contributed by atoms with Gasteiger partial charge in [0, 0.05) is 0 Å². The molecular formula is C6H4N2O3. The molecular weight excluding hydrogens is 148 g/mol. The Hall–Kier alpha value is -1.78. The smallest absolute Gasteiger partial charge is 0.434 e. The molecule has 0 aromatic carbocycles. The predicted molar refractivity (Wildman–Crippen MR) is 34.8 cm³/mol. The molecule has 0 saturated heterocycles. The third-order valence-electron chi connectivity index (χ3n) is 1.21. The maximum atomic E-state index is 10.5. The second kappa shape index (κ2) is 2.12. The number of nitrogens with zero attached hydrogens (tertiary/aromatic N) is 1. The number of furan rings is 1. The van der Waals surface area contributed by atoms with Crippen molar-refractivity contribution in [3.05, 3.63) is 29.1 Å². The number of hydrogen-bond acceptors (Lipinski definition) is 4. The fraction of sp³-hybridized carbons (Fsp3) is 0. The molecule has 0 unspecified atom stereocenters. The van der Waals surface area contributed by atoms with Gasteiger partial charge in [-0.25, -0.2) is 9.89 Å². The van der Waals surface area contributed by atoms with Crippen molar-refractivity contribution in [1.82, 2.24) is 10.2 Å². The molecule has 5 heteroatoms. The van der Waals surface area contributed by atoms with Gasteiger partial charge in [0.15, 0.2) is 0 Å². The summed E-state index contributed by atoms with van der Waals surface area (Å²) in [5.74, 6) is -0.329. The summed E-state index contributed by atoms with van der Waals surface area (Å²) in [7, 11) is 0. The van der Waals surface area contributed by atoms with Crippen molar-refractivity contribution in [2.75, 3.05) is 0 Å². The van der Waals surface area contributed by atoms with Gasteiger partial charge in [-0.3, -0.25) is 0 Å². The summed E-state index contributed by atoms with van der Waals surface area (Å²) in [4.78, 5) is 10.5. The topological polar surface area (TPSA) is 72.0 Å². The fourth-order valence-corrected chi connectivity index (χ4v) is 0.739. The summed E-state index contributed by atoms with van der Waals surface area (Å²) in [6, 6.07) is 1.65.